The lowest BCUT2D eigenvalue weighted by molar-refractivity contribution is -0.137. The molecule has 1 saturated heterocycles. The highest BCUT2D eigenvalue weighted by Gasteiger charge is 2.21. The van der Waals surface area contributed by atoms with E-state index in [0.717, 1.165) is 32.4 Å². The number of methoxy groups -OCH3 is 1. The first-order chi connectivity index (χ1) is 9.51. The van der Waals surface area contributed by atoms with E-state index in [1.165, 1.54) is 0 Å². The Bertz CT molecular complexity index is 314. The van der Waals surface area contributed by atoms with Crippen LogP contribution in [-0.2, 0) is 14.3 Å². The molecule has 0 bridgehead atoms. The first-order valence-corrected chi connectivity index (χ1v) is 7.23. The topological polar surface area (TPSA) is 78.9 Å². The van der Waals surface area contributed by atoms with Crippen LogP contribution < -0.4 is 5.32 Å². The maximum Gasteiger partial charge on any atom is 0.303 e. The summed E-state index contributed by atoms with van der Waals surface area (Å²) in [7, 11) is 1.62. The molecule has 0 aromatic carbocycles. The molecule has 6 heteroatoms. The van der Waals surface area contributed by atoms with Crippen LogP contribution >= 0.6 is 0 Å². The Morgan fingerprint density at radius 3 is 2.60 bits per heavy atom. The first-order valence-electron chi connectivity index (χ1n) is 7.23. The van der Waals surface area contributed by atoms with Crippen LogP contribution in [0.4, 0.5) is 0 Å². The van der Waals surface area contributed by atoms with Gasteiger partial charge in [-0.25, -0.2) is 0 Å². The Morgan fingerprint density at radius 2 is 2.05 bits per heavy atom. The predicted octanol–water partition coefficient (Wildman–Crippen LogP) is 0.714. The van der Waals surface area contributed by atoms with E-state index in [1.807, 2.05) is 6.92 Å². The SMILES string of the molecule is COCC(C)NC(=O)CN1CCC(CCC(=O)O)CC1. The number of carbonyl (C=O) groups excluding carboxylic acids is 1. The molecule has 0 radical (unpaired) electrons. The molecule has 2 N–H and O–H groups in total. The number of carboxylic acid groups (broad SMARTS) is 1. The molecule has 0 aliphatic carbocycles. The first kappa shape index (κ1) is 16.9. The number of carboxylic acids is 1. The van der Waals surface area contributed by atoms with Crippen molar-refractivity contribution in [3.63, 3.8) is 0 Å². The Kier molecular flexibility index (Phi) is 7.54. The van der Waals surface area contributed by atoms with Gasteiger partial charge in [0.1, 0.15) is 0 Å². The number of nitrogens with one attached hydrogen (secondary N) is 1. The Balaban J connectivity index is 2.18. The van der Waals surface area contributed by atoms with Gasteiger partial charge in [-0.15, -0.1) is 0 Å². The lowest BCUT2D eigenvalue weighted by Gasteiger charge is -2.31. The van der Waals surface area contributed by atoms with Crippen LogP contribution in [0.15, 0.2) is 0 Å². The van der Waals surface area contributed by atoms with Gasteiger partial charge in [0.2, 0.25) is 5.91 Å². The highest BCUT2D eigenvalue weighted by atomic mass is 16.5. The van der Waals surface area contributed by atoms with Crippen molar-refractivity contribution in [2.24, 2.45) is 5.92 Å². The van der Waals surface area contributed by atoms with Crippen molar-refractivity contribution in [2.75, 3.05) is 33.4 Å². The zero-order valence-corrected chi connectivity index (χ0v) is 12.4. The fraction of sp³-hybridized carbons (Fsp3) is 0.857. The molecule has 20 heavy (non-hydrogen) atoms. The lowest BCUT2D eigenvalue weighted by Crippen LogP contribution is -2.45. The summed E-state index contributed by atoms with van der Waals surface area (Å²) in [4.78, 5) is 24.5. The number of carbonyl (C=O) groups is 2. The second kappa shape index (κ2) is 8.92. The van der Waals surface area contributed by atoms with Crippen molar-refractivity contribution in [2.45, 2.75) is 38.6 Å². The van der Waals surface area contributed by atoms with Crippen molar-refractivity contribution >= 4 is 11.9 Å². The smallest absolute Gasteiger partial charge is 0.303 e. The molecule has 1 unspecified atom stereocenters. The van der Waals surface area contributed by atoms with Gasteiger partial charge < -0.3 is 15.2 Å². The van der Waals surface area contributed by atoms with Gasteiger partial charge in [-0.05, 0) is 45.2 Å². The molecule has 0 saturated carbocycles. The van der Waals surface area contributed by atoms with Crippen LogP contribution in [0.5, 0.6) is 0 Å². The number of amides is 1. The van der Waals surface area contributed by atoms with Crippen LogP contribution in [0.1, 0.15) is 32.6 Å². The van der Waals surface area contributed by atoms with Crippen molar-refractivity contribution in [3.8, 4) is 0 Å². The molecule has 0 spiro atoms. The molecule has 1 aliphatic heterocycles. The molecule has 1 fully saturated rings. The number of hydrogen-bond acceptors (Lipinski definition) is 4. The van der Waals surface area contributed by atoms with Crippen molar-refractivity contribution in [1.29, 1.82) is 0 Å². The number of nitrogens with zero attached hydrogens (tertiary/aromatic N) is 1. The van der Waals surface area contributed by atoms with Crippen LogP contribution in [-0.4, -0.2) is 61.3 Å². The van der Waals surface area contributed by atoms with Crippen molar-refractivity contribution in [3.05, 3.63) is 0 Å². The average Bonchev–Trinajstić information content (AvgIpc) is 2.37. The van der Waals surface area contributed by atoms with Gasteiger partial charge >= 0.3 is 5.97 Å². The minimum absolute atomic E-state index is 0.0264. The van der Waals surface area contributed by atoms with E-state index in [0.29, 0.717) is 19.1 Å². The van der Waals surface area contributed by atoms with Crippen molar-refractivity contribution < 1.29 is 19.4 Å². The maximum absolute atomic E-state index is 11.8. The molecule has 1 rings (SSSR count). The third-order valence-corrected chi connectivity index (χ3v) is 3.66. The number of likely N-dealkylation sites (tertiary alicyclic amines) is 1. The number of ether oxygens (including phenoxy) is 1. The largest absolute Gasteiger partial charge is 0.481 e. The van der Waals surface area contributed by atoms with Gasteiger partial charge in [0, 0.05) is 19.6 Å². The molecule has 0 aromatic heterocycles. The Morgan fingerprint density at radius 1 is 1.40 bits per heavy atom. The summed E-state index contributed by atoms with van der Waals surface area (Å²) in [5.74, 6) is -0.213. The van der Waals surface area contributed by atoms with E-state index >= 15 is 0 Å². The van der Waals surface area contributed by atoms with E-state index in [-0.39, 0.29) is 18.4 Å². The van der Waals surface area contributed by atoms with Gasteiger partial charge in [0.25, 0.3) is 0 Å². The summed E-state index contributed by atoms with van der Waals surface area (Å²) in [6.45, 7) is 4.59. The van der Waals surface area contributed by atoms with E-state index < -0.39 is 5.97 Å². The molecule has 1 aliphatic rings. The van der Waals surface area contributed by atoms with Crippen molar-refractivity contribution in [1.82, 2.24) is 10.2 Å². The second-order valence-corrected chi connectivity index (χ2v) is 5.58. The molecule has 1 heterocycles. The van der Waals surface area contributed by atoms with Gasteiger partial charge in [-0.3, -0.25) is 14.5 Å². The number of rotatable bonds is 8. The Hall–Kier alpha value is -1.14. The molecular formula is C14H26N2O4. The zero-order valence-electron chi connectivity index (χ0n) is 12.4. The third kappa shape index (κ3) is 6.86. The summed E-state index contributed by atoms with van der Waals surface area (Å²) in [6, 6.07) is 0.0283. The summed E-state index contributed by atoms with van der Waals surface area (Å²) in [5.41, 5.74) is 0. The third-order valence-electron chi connectivity index (χ3n) is 3.66. The average molecular weight is 286 g/mol. The quantitative estimate of drug-likeness (QED) is 0.687. The van der Waals surface area contributed by atoms with Gasteiger partial charge in [0.05, 0.1) is 13.2 Å². The number of piperidine rings is 1. The zero-order chi connectivity index (χ0) is 15.0. The fourth-order valence-corrected chi connectivity index (χ4v) is 2.58. The van der Waals surface area contributed by atoms with Gasteiger partial charge in [-0.1, -0.05) is 0 Å². The maximum atomic E-state index is 11.8. The second-order valence-electron chi connectivity index (χ2n) is 5.58. The highest BCUT2D eigenvalue weighted by Crippen LogP contribution is 2.21. The normalized spacial score (nSPS) is 18.7. The number of hydrogen-bond donors (Lipinski definition) is 2. The van der Waals surface area contributed by atoms with Gasteiger partial charge in [0.15, 0.2) is 0 Å². The van der Waals surface area contributed by atoms with E-state index in [4.69, 9.17) is 9.84 Å². The molecule has 1 amide bonds. The van der Waals surface area contributed by atoms with Crippen LogP contribution in [0.25, 0.3) is 0 Å². The summed E-state index contributed by atoms with van der Waals surface area (Å²) < 4.78 is 4.98. The molecule has 0 aromatic rings. The standard InChI is InChI=1S/C14H26N2O4/c1-11(10-20-2)15-13(17)9-16-7-5-12(6-8-16)3-4-14(18)19/h11-12H,3-10H2,1-2H3,(H,15,17)(H,18,19). The summed E-state index contributed by atoms with van der Waals surface area (Å²) >= 11 is 0. The molecule has 1 atom stereocenters. The lowest BCUT2D eigenvalue weighted by atomic mass is 9.92. The van der Waals surface area contributed by atoms with E-state index in [9.17, 15) is 9.59 Å². The Labute approximate surface area is 120 Å². The minimum Gasteiger partial charge on any atom is -0.481 e. The number of aliphatic carboxylic acids is 1. The molecular weight excluding hydrogens is 260 g/mol. The van der Waals surface area contributed by atoms with Gasteiger partial charge in [-0.2, -0.15) is 0 Å². The van der Waals surface area contributed by atoms with E-state index in [2.05, 4.69) is 10.2 Å². The van der Waals surface area contributed by atoms with Crippen LogP contribution in [0, 0.1) is 5.92 Å². The highest BCUT2D eigenvalue weighted by molar-refractivity contribution is 5.78. The monoisotopic (exact) mass is 286 g/mol. The predicted molar refractivity (Wildman–Crippen MR) is 75.5 cm³/mol. The van der Waals surface area contributed by atoms with Crippen LogP contribution in [0.2, 0.25) is 0 Å². The molecule has 116 valence electrons. The van der Waals surface area contributed by atoms with Crippen LogP contribution in [0.3, 0.4) is 0 Å². The minimum atomic E-state index is -0.723. The summed E-state index contributed by atoms with van der Waals surface area (Å²) in [5, 5.41) is 11.6. The molecule has 6 nitrogen and oxygen atoms in total. The fourth-order valence-electron chi connectivity index (χ4n) is 2.58. The summed E-state index contributed by atoms with van der Waals surface area (Å²) in [6.07, 6.45) is 2.96. The van der Waals surface area contributed by atoms with E-state index in [1.54, 1.807) is 7.11 Å².